The zero-order chi connectivity index (χ0) is 14.2. The summed E-state index contributed by atoms with van der Waals surface area (Å²) in [4.78, 5) is 34.2. The van der Waals surface area contributed by atoms with E-state index in [0.717, 1.165) is 15.8 Å². The first-order chi connectivity index (χ1) is 8.93. The molecule has 0 aliphatic carbocycles. The first-order valence-corrected chi connectivity index (χ1v) is 5.13. The minimum atomic E-state index is -0.923. The predicted octanol–water partition coefficient (Wildman–Crippen LogP) is -0.614. The van der Waals surface area contributed by atoms with Crippen LogP contribution in [-0.2, 0) is 7.05 Å². The van der Waals surface area contributed by atoms with Gasteiger partial charge in [0.15, 0.2) is 5.56 Å². The lowest BCUT2D eigenvalue weighted by molar-refractivity contribution is -0.390. The van der Waals surface area contributed by atoms with Crippen molar-refractivity contribution in [3.05, 3.63) is 21.9 Å². The van der Waals surface area contributed by atoms with Gasteiger partial charge >= 0.3 is 11.8 Å². The summed E-state index contributed by atoms with van der Waals surface area (Å²) >= 11 is 0. The number of nitrogens with zero attached hydrogens (tertiary/aromatic N) is 5. The van der Waals surface area contributed by atoms with E-state index in [-0.39, 0.29) is 12.1 Å². The number of amides is 3. The Bertz CT molecular complexity index is 615. The molecule has 0 radical (unpaired) electrons. The number of rotatable bonds is 2. The maximum absolute atomic E-state index is 11.7. The fourth-order valence-corrected chi connectivity index (χ4v) is 1.48. The van der Waals surface area contributed by atoms with Crippen molar-refractivity contribution in [2.24, 2.45) is 7.05 Å². The van der Waals surface area contributed by atoms with Crippen LogP contribution < -0.4 is 5.32 Å². The van der Waals surface area contributed by atoms with E-state index in [9.17, 15) is 19.7 Å². The molecule has 10 nitrogen and oxygen atoms in total. The van der Waals surface area contributed by atoms with E-state index in [1.807, 2.05) is 11.4 Å². The number of aryl methyl sites for hydroxylation is 1. The van der Waals surface area contributed by atoms with Gasteiger partial charge in [-0.1, -0.05) is 0 Å². The number of urea groups is 1. The quantitative estimate of drug-likeness (QED) is 0.430. The normalized spacial score (nSPS) is 16.6. The Labute approximate surface area is 106 Å². The highest BCUT2D eigenvalue weighted by molar-refractivity contribution is 6.06. The molecule has 19 heavy (non-hydrogen) atoms. The molecular formula is C9H8N6O4. The maximum atomic E-state index is 11.7. The van der Waals surface area contributed by atoms with Gasteiger partial charge in [0, 0.05) is 0 Å². The highest BCUT2D eigenvalue weighted by Gasteiger charge is 2.40. The van der Waals surface area contributed by atoms with E-state index in [4.69, 9.17) is 5.26 Å². The SMILES string of the molecule is Cn1cc(C(=O)NC(=O)N2CC2C#N)c([N+](=O)[O-])n1. The molecule has 1 aliphatic rings. The van der Waals surface area contributed by atoms with Crippen LogP contribution in [0.3, 0.4) is 0 Å². The summed E-state index contributed by atoms with van der Waals surface area (Å²) in [5, 5.41) is 24.7. The number of nitro groups is 1. The Hall–Kier alpha value is -2.96. The zero-order valence-electron chi connectivity index (χ0n) is 9.73. The Morgan fingerprint density at radius 3 is 2.89 bits per heavy atom. The molecule has 2 heterocycles. The van der Waals surface area contributed by atoms with E-state index in [1.165, 1.54) is 7.05 Å². The van der Waals surface area contributed by atoms with Crippen molar-refractivity contribution in [3.63, 3.8) is 0 Å². The fraction of sp³-hybridized carbons (Fsp3) is 0.333. The first-order valence-electron chi connectivity index (χ1n) is 5.13. The van der Waals surface area contributed by atoms with Gasteiger partial charge in [-0.3, -0.25) is 10.1 Å². The van der Waals surface area contributed by atoms with Gasteiger partial charge in [-0.05, 0) is 4.92 Å². The number of nitriles is 1. The number of carbonyl (C=O) groups excluding carboxylic acids is 2. The smallest absolute Gasteiger partial charge is 0.358 e. The van der Waals surface area contributed by atoms with Gasteiger partial charge in [0.2, 0.25) is 0 Å². The van der Waals surface area contributed by atoms with E-state index < -0.39 is 28.7 Å². The van der Waals surface area contributed by atoms with Crippen LogP contribution in [0.5, 0.6) is 0 Å². The Kier molecular flexibility index (Phi) is 2.88. The van der Waals surface area contributed by atoms with Crippen molar-refractivity contribution < 1.29 is 14.5 Å². The molecular weight excluding hydrogens is 256 g/mol. The lowest BCUT2D eigenvalue weighted by Crippen LogP contribution is -2.35. The molecule has 3 amide bonds. The number of carbonyl (C=O) groups is 2. The van der Waals surface area contributed by atoms with Crippen molar-refractivity contribution >= 4 is 17.8 Å². The Morgan fingerprint density at radius 1 is 1.68 bits per heavy atom. The third kappa shape index (κ3) is 2.34. The van der Waals surface area contributed by atoms with Crippen molar-refractivity contribution in [3.8, 4) is 6.07 Å². The number of nitrogens with one attached hydrogen (secondary N) is 1. The van der Waals surface area contributed by atoms with Crippen molar-refractivity contribution in [1.29, 1.82) is 5.26 Å². The van der Waals surface area contributed by atoms with Gasteiger partial charge in [0.1, 0.15) is 6.04 Å². The molecule has 1 aromatic heterocycles. The lowest BCUT2D eigenvalue weighted by atomic mass is 10.3. The van der Waals surface area contributed by atoms with E-state index in [0.29, 0.717) is 0 Å². The van der Waals surface area contributed by atoms with Crippen LogP contribution in [0.2, 0.25) is 0 Å². The topological polar surface area (TPSA) is 134 Å². The summed E-state index contributed by atoms with van der Waals surface area (Å²) in [5.74, 6) is -1.55. The average molecular weight is 264 g/mol. The van der Waals surface area contributed by atoms with E-state index >= 15 is 0 Å². The molecule has 1 fully saturated rings. The van der Waals surface area contributed by atoms with Gasteiger partial charge in [-0.2, -0.15) is 9.94 Å². The van der Waals surface area contributed by atoms with Crippen LogP contribution in [0.1, 0.15) is 10.4 Å². The molecule has 10 heteroatoms. The summed E-state index contributed by atoms with van der Waals surface area (Å²) < 4.78 is 1.10. The molecule has 1 aliphatic heterocycles. The largest absolute Gasteiger partial charge is 0.402 e. The Morgan fingerprint density at radius 2 is 2.37 bits per heavy atom. The van der Waals surface area contributed by atoms with E-state index in [1.54, 1.807) is 0 Å². The summed E-state index contributed by atoms with van der Waals surface area (Å²) in [7, 11) is 1.42. The second kappa shape index (κ2) is 4.37. The minimum absolute atomic E-state index is 0.241. The standard InChI is InChI=1S/C9H8N6O4/c1-13-4-6(7(12-13)15(18)19)8(16)11-9(17)14-3-5(14)2-10/h4-5H,3H2,1H3,(H,11,16,17). The number of aromatic nitrogens is 2. The van der Waals surface area contributed by atoms with Crippen molar-refractivity contribution in [2.45, 2.75) is 6.04 Å². The maximum Gasteiger partial charge on any atom is 0.402 e. The molecule has 1 atom stereocenters. The fourth-order valence-electron chi connectivity index (χ4n) is 1.48. The molecule has 98 valence electrons. The van der Waals surface area contributed by atoms with E-state index in [2.05, 4.69) is 5.10 Å². The summed E-state index contributed by atoms with van der Waals surface area (Å²) in [6.07, 6.45) is 1.14. The highest BCUT2D eigenvalue weighted by atomic mass is 16.6. The van der Waals surface area contributed by atoms with Crippen LogP contribution in [0.15, 0.2) is 6.20 Å². The lowest BCUT2D eigenvalue weighted by Gasteiger charge is -2.02. The molecule has 1 aromatic rings. The molecule has 0 aromatic carbocycles. The molecule has 1 N–H and O–H groups in total. The minimum Gasteiger partial charge on any atom is -0.358 e. The van der Waals surface area contributed by atoms with Crippen LogP contribution >= 0.6 is 0 Å². The van der Waals surface area contributed by atoms with Gasteiger partial charge in [0.25, 0.3) is 5.91 Å². The molecule has 0 spiro atoms. The number of hydrogen-bond donors (Lipinski definition) is 1. The second-order valence-corrected chi connectivity index (χ2v) is 3.85. The Balaban J connectivity index is 2.11. The molecule has 2 rings (SSSR count). The average Bonchev–Trinajstić information content (AvgIpc) is 3.03. The molecule has 1 unspecified atom stereocenters. The van der Waals surface area contributed by atoms with Crippen molar-refractivity contribution in [1.82, 2.24) is 20.0 Å². The molecule has 1 saturated heterocycles. The predicted molar refractivity (Wildman–Crippen MR) is 58.8 cm³/mol. The van der Waals surface area contributed by atoms with Gasteiger partial charge in [0.05, 0.1) is 31.0 Å². The summed E-state index contributed by atoms with van der Waals surface area (Å²) in [5.41, 5.74) is -0.309. The van der Waals surface area contributed by atoms with Gasteiger partial charge in [-0.15, -0.1) is 0 Å². The third-order valence-corrected chi connectivity index (χ3v) is 2.47. The van der Waals surface area contributed by atoms with Crippen LogP contribution in [0.4, 0.5) is 10.6 Å². The summed E-state index contributed by atoms with van der Waals surface area (Å²) in [6.45, 7) is 0.241. The highest BCUT2D eigenvalue weighted by Crippen LogP contribution is 2.18. The van der Waals surface area contributed by atoms with Gasteiger partial charge in [-0.25, -0.2) is 4.79 Å². The number of imide groups is 1. The molecule has 0 bridgehead atoms. The summed E-state index contributed by atoms with van der Waals surface area (Å²) in [6, 6.07) is 0.546. The second-order valence-electron chi connectivity index (χ2n) is 3.85. The monoisotopic (exact) mass is 264 g/mol. The third-order valence-electron chi connectivity index (χ3n) is 2.47. The first kappa shape index (κ1) is 12.5. The molecule has 0 saturated carbocycles. The van der Waals surface area contributed by atoms with Gasteiger partial charge < -0.3 is 15.0 Å². The van der Waals surface area contributed by atoms with Crippen LogP contribution in [-0.4, -0.2) is 44.1 Å². The number of hydrogen-bond acceptors (Lipinski definition) is 6. The van der Waals surface area contributed by atoms with Crippen LogP contribution in [0, 0.1) is 21.4 Å². The van der Waals surface area contributed by atoms with Crippen molar-refractivity contribution in [2.75, 3.05) is 6.54 Å². The van der Waals surface area contributed by atoms with Crippen LogP contribution in [0.25, 0.3) is 0 Å². The zero-order valence-corrected chi connectivity index (χ0v) is 9.73.